The molecule has 0 aliphatic rings. The number of ether oxygens (including phenoxy) is 1. The third-order valence-electron chi connectivity index (χ3n) is 1.88. The maximum Gasteiger partial charge on any atom is 0.348 e. The van der Waals surface area contributed by atoms with Gasteiger partial charge in [0.25, 0.3) is 0 Å². The fraction of sp³-hybridized carbons (Fsp3) is 0.167. The zero-order valence-electron chi connectivity index (χ0n) is 9.04. The first-order valence-corrected chi connectivity index (χ1v) is 4.82. The van der Waals surface area contributed by atoms with Gasteiger partial charge in [-0.25, -0.2) is 13.6 Å². The second-order valence-electron chi connectivity index (χ2n) is 3.06. The van der Waals surface area contributed by atoms with Gasteiger partial charge in [-0.15, -0.1) is 0 Å². The Labute approximate surface area is 96.9 Å². The third kappa shape index (κ3) is 3.38. The molecule has 88 valence electrons. The lowest BCUT2D eigenvalue weighted by Gasteiger charge is -2.00. The molecule has 0 aromatic heterocycles. The molecule has 5 heteroatoms. The molecule has 0 spiro atoms. The molecule has 0 radical (unpaired) electrons. The summed E-state index contributed by atoms with van der Waals surface area (Å²) >= 11 is 0. The van der Waals surface area contributed by atoms with Crippen molar-refractivity contribution in [3.05, 3.63) is 41.0 Å². The molecule has 1 aromatic rings. The summed E-state index contributed by atoms with van der Waals surface area (Å²) in [5.74, 6) is -2.41. The Balaban J connectivity index is 3.07. The van der Waals surface area contributed by atoms with Gasteiger partial charge in [-0.3, -0.25) is 0 Å². The van der Waals surface area contributed by atoms with Crippen LogP contribution in [-0.2, 0) is 9.53 Å². The smallest absolute Gasteiger partial charge is 0.348 e. The predicted octanol–water partition coefficient (Wildman–Crippen LogP) is 2.43. The van der Waals surface area contributed by atoms with Gasteiger partial charge in [0.2, 0.25) is 0 Å². The van der Waals surface area contributed by atoms with Gasteiger partial charge < -0.3 is 4.74 Å². The molecule has 0 unspecified atom stereocenters. The van der Waals surface area contributed by atoms with Crippen LogP contribution in [0.2, 0.25) is 0 Å². The minimum Gasteiger partial charge on any atom is -0.462 e. The van der Waals surface area contributed by atoms with Gasteiger partial charge in [0.1, 0.15) is 23.3 Å². The van der Waals surface area contributed by atoms with E-state index in [1.165, 1.54) is 0 Å². The normalized spacial score (nSPS) is 10.8. The van der Waals surface area contributed by atoms with Crippen molar-refractivity contribution in [2.75, 3.05) is 6.61 Å². The Bertz CT molecular complexity index is 504. The SMILES string of the molecule is CCOC(=O)/C(C#N)=C/c1ccc(F)cc1F. The predicted molar refractivity (Wildman–Crippen MR) is 56.6 cm³/mol. The molecular weight excluding hydrogens is 228 g/mol. The Morgan fingerprint density at radius 1 is 1.53 bits per heavy atom. The highest BCUT2D eigenvalue weighted by atomic mass is 19.1. The van der Waals surface area contributed by atoms with Gasteiger partial charge in [-0.2, -0.15) is 5.26 Å². The van der Waals surface area contributed by atoms with Crippen molar-refractivity contribution in [3.63, 3.8) is 0 Å². The summed E-state index contributed by atoms with van der Waals surface area (Å²) in [6, 6.07) is 4.45. The summed E-state index contributed by atoms with van der Waals surface area (Å²) in [4.78, 5) is 11.2. The minimum atomic E-state index is -0.845. The summed E-state index contributed by atoms with van der Waals surface area (Å²) in [6.45, 7) is 1.70. The van der Waals surface area contributed by atoms with Crippen LogP contribution in [0.4, 0.5) is 8.78 Å². The quantitative estimate of drug-likeness (QED) is 0.461. The average molecular weight is 237 g/mol. The van der Waals surface area contributed by atoms with Crippen molar-refractivity contribution in [2.45, 2.75) is 6.92 Å². The van der Waals surface area contributed by atoms with E-state index in [2.05, 4.69) is 4.74 Å². The first-order chi connectivity index (χ1) is 8.08. The van der Waals surface area contributed by atoms with E-state index in [0.29, 0.717) is 6.07 Å². The van der Waals surface area contributed by atoms with Crippen LogP contribution < -0.4 is 0 Å². The van der Waals surface area contributed by atoms with Crippen LogP contribution in [-0.4, -0.2) is 12.6 Å². The van der Waals surface area contributed by atoms with Crippen LogP contribution in [0.15, 0.2) is 23.8 Å². The molecule has 0 aliphatic heterocycles. The van der Waals surface area contributed by atoms with E-state index in [9.17, 15) is 13.6 Å². The summed E-state index contributed by atoms with van der Waals surface area (Å²) in [7, 11) is 0. The van der Waals surface area contributed by atoms with Crippen molar-refractivity contribution in [1.82, 2.24) is 0 Å². The van der Waals surface area contributed by atoms with E-state index >= 15 is 0 Å². The molecule has 3 nitrogen and oxygen atoms in total. The lowest BCUT2D eigenvalue weighted by Crippen LogP contribution is -2.06. The van der Waals surface area contributed by atoms with Gasteiger partial charge in [0.05, 0.1) is 6.61 Å². The zero-order chi connectivity index (χ0) is 12.8. The van der Waals surface area contributed by atoms with Crippen LogP contribution in [0.3, 0.4) is 0 Å². The number of benzene rings is 1. The molecule has 1 aromatic carbocycles. The number of hydrogen-bond acceptors (Lipinski definition) is 3. The molecule has 0 heterocycles. The zero-order valence-corrected chi connectivity index (χ0v) is 9.04. The number of nitriles is 1. The lowest BCUT2D eigenvalue weighted by molar-refractivity contribution is -0.137. The third-order valence-corrected chi connectivity index (χ3v) is 1.88. The monoisotopic (exact) mass is 237 g/mol. The van der Waals surface area contributed by atoms with Crippen molar-refractivity contribution in [2.24, 2.45) is 0 Å². The first-order valence-electron chi connectivity index (χ1n) is 4.82. The summed E-state index contributed by atoms with van der Waals surface area (Å²) in [6.07, 6.45) is 1.02. The van der Waals surface area contributed by atoms with Gasteiger partial charge in [0.15, 0.2) is 0 Å². The van der Waals surface area contributed by atoms with Crippen LogP contribution in [0, 0.1) is 23.0 Å². The van der Waals surface area contributed by atoms with Crippen molar-refractivity contribution in [3.8, 4) is 6.07 Å². The van der Waals surface area contributed by atoms with Crippen LogP contribution in [0.25, 0.3) is 6.08 Å². The van der Waals surface area contributed by atoms with Gasteiger partial charge >= 0.3 is 5.97 Å². The maximum absolute atomic E-state index is 13.3. The molecule has 0 bridgehead atoms. The summed E-state index contributed by atoms with van der Waals surface area (Å²) in [5.41, 5.74) is -0.381. The fourth-order valence-electron chi connectivity index (χ4n) is 1.12. The Hall–Kier alpha value is -2.22. The van der Waals surface area contributed by atoms with E-state index in [1.807, 2.05) is 0 Å². The number of hydrogen-bond donors (Lipinski definition) is 0. The molecule has 0 saturated heterocycles. The van der Waals surface area contributed by atoms with Gasteiger partial charge in [-0.05, 0) is 25.1 Å². The van der Waals surface area contributed by atoms with Crippen LogP contribution in [0.1, 0.15) is 12.5 Å². The van der Waals surface area contributed by atoms with Gasteiger partial charge in [-0.1, -0.05) is 0 Å². The van der Waals surface area contributed by atoms with E-state index in [-0.39, 0.29) is 17.7 Å². The lowest BCUT2D eigenvalue weighted by atomic mass is 10.1. The van der Waals surface area contributed by atoms with Crippen molar-refractivity contribution < 1.29 is 18.3 Å². The van der Waals surface area contributed by atoms with E-state index in [1.54, 1.807) is 13.0 Å². The first kappa shape index (κ1) is 12.8. The Kier molecular flexibility index (Phi) is 4.35. The van der Waals surface area contributed by atoms with E-state index < -0.39 is 17.6 Å². The van der Waals surface area contributed by atoms with Crippen molar-refractivity contribution in [1.29, 1.82) is 5.26 Å². The number of nitrogens with zero attached hydrogens (tertiary/aromatic N) is 1. The summed E-state index contributed by atoms with van der Waals surface area (Å²) in [5, 5.41) is 8.71. The number of carbonyl (C=O) groups is 1. The largest absolute Gasteiger partial charge is 0.462 e. The molecular formula is C12H9F2NO2. The van der Waals surface area contributed by atoms with E-state index in [4.69, 9.17) is 5.26 Å². The van der Waals surface area contributed by atoms with Crippen molar-refractivity contribution >= 4 is 12.0 Å². The minimum absolute atomic E-state index is 0.0454. The molecule has 0 atom stereocenters. The van der Waals surface area contributed by atoms with Crippen LogP contribution >= 0.6 is 0 Å². The molecule has 0 fully saturated rings. The number of rotatable bonds is 3. The Morgan fingerprint density at radius 3 is 2.76 bits per heavy atom. The standard InChI is InChI=1S/C12H9F2NO2/c1-2-17-12(16)9(7-15)5-8-3-4-10(13)6-11(8)14/h3-6H,2H2,1H3/b9-5+. The number of halogens is 2. The van der Waals surface area contributed by atoms with E-state index in [0.717, 1.165) is 18.2 Å². The highest BCUT2D eigenvalue weighted by Gasteiger charge is 2.11. The molecule has 0 saturated carbocycles. The second kappa shape index (κ2) is 5.75. The van der Waals surface area contributed by atoms with Gasteiger partial charge in [0, 0.05) is 11.6 Å². The molecule has 1 rings (SSSR count). The fourth-order valence-corrected chi connectivity index (χ4v) is 1.12. The average Bonchev–Trinajstić information content (AvgIpc) is 2.28. The Morgan fingerprint density at radius 2 is 2.24 bits per heavy atom. The molecule has 17 heavy (non-hydrogen) atoms. The number of esters is 1. The number of carbonyl (C=O) groups excluding carboxylic acids is 1. The van der Waals surface area contributed by atoms with Crippen LogP contribution in [0.5, 0.6) is 0 Å². The second-order valence-corrected chi connectivity index (χ2v) is 3.06. The molecule has 0 N–H and O–H groups in total. The maximum atomic E-state index is 13.3. The molecule has 0 amide bonds. The highest BCUT2D eigenvalue weighted by Crippen LogP contribution is 2.14. The molecule has 0 aliphatic carbocycles. The topological polar surface area (TPSA) is 50.1 Å². The summed E-state index contributed by atoms with van der Waals surface area (Å²) < 4.78 is 30.5. The highest BCUT2D eigenvalue weighted by molar-refractivity contribution is 5.97.